The predicted octanol–water partition coefficient (Wildman–Crippen LogP) is 16.8. The number of hydrogen-bond donors (Lipinski definition) is 0. The van der Waals surface area contributed by atoms with Crippen LogP contribution in [0.15, 0.2) is 255 Å². The molecule has 3 atom stereocenters. The van der Waals surface area contributed by atoms with Crippen LogP contribution in [0.1, 0.15) is 58.9 Å². The van der Waals surface area contributed by atoms with Gasteiger partial charge in [0.15, 0.2) is 0 Å². The maximum atomic E-state index is 10.0. The zero-order chi connectivity index (χ0) is 46.6. The Balaban J connectivity index is 1.15. The van der Waals surface area contributed by atoms with E-state index in [9.17, 15) is 2.74 Å². The van der Waals surface area contributed by atoms with E-state index in [1.54, 1.807) is 6.08 Å². The molecule has 64 heavy (non-hydrogen) atoms. The van der Waals surface area contributed by atoms with Gasteiger partial charge in [-0.25, -0.2) is 0 Å². The maximum absolute atomic E-state index is 10.0. The average molecular weight is 826 g/mol. The van der Waals surface area contributed by atoms with Gasteiger partial charge in [0, 0.05) is 19.8 Å². The van der Waals surface area contributed by atoms with Crippen LogP contribution in [0.25, 0.3) is 55.4 Å². The van der Waals surface area contributed by atoms with E-state index in [0.717, 1.165) is 57.1 Å². The molecule has 0 saturated heterocycles. The Labute approximate surface area is 384 Å². The highest BCUT2D eigenvalue weighted by Gasteiger charge is 2.47. The Kier molecular flexibility index (Phi) is 9.83. The van der Waals surface area contributed by atoms with Crippen LogP contribution in [0.3, 0.4) is 0 Å². The monoisotopic (exact) mass is 825 g/mol. The molecular weight excluding hydrogens is 771 g/mol. The van der Waals surface area contributed by atoms with Gasteiger partial charge in [0.05, 0.1) is 8.16 Å². The van der Waals surface area contributed by atoms with Gasteiger partial charge >= 0.3 is 0 Å². The fourth-order valence-electron chi connectivity index (χ4n) is 9.95. The molecule has 0 aromatic heterocycles. The molecule has 0 radical (unpaired) electrons. The molecule has 0 heterocycles. The van der Waals surface area contributed by atoms with Gasteiger partial charge in [0.2, 0.25) is 0 Å². The van der Waals surface area contributed by atoms with Crippen molar-refractivity contribution in [3.63, 3.8) is 0 Å². The van der Waals surface area contributed by atoms with E-state index >= 15 is 0 Å². The van der Waals surface area contributed by atoms with Crippen molar-refractivity contribution in [3.05, 3.63) is 283 Å². The van der Waals surface area contributed by atoms with E-state index in [1.807, 2.05) is 71.6 Å². The van der Waals surface area contributed by atoms with Crippen LogP contribution in [-0.4, -0.2) is 0 Å². The Bertz CT molecular complexity index is 3380. The molecule has 0 N–H and O–H groups in total. The SMILES string of the molecule is [2H]C=C(c1ccccc1-c1ccccc1)C([2H])C([2H])C(=C[2H])N(/C(C=C)=C/C=C/c1cc2ccccc2c2ccccc12)c1ccc2c(c1)C(C1=CC=CCC1)(c1ccccc1)c1ccccc1-2. The number of fused-ring (bicyclic) bond motifs is 6. The molecule has 0 saturated carbocycles. The molecule has 0 aliphatic heterocycles. The third-order valence-electron chi connectivity index (χ3n) is 12.8. The first-order valence-corrected chi connectivity index (χ1v) is 22.0. The Morgan fingerprint density at radius 2 is 1.36 bits per heavy atom. The first-order valence-electron chi connectivity index (χ1n) is 24.3. The summed E-state index contributed by atoms with van der Waals surface area (Å²) in [5.74, 6) is 0. The first kappa shape index (κ1) is 35.8. The van der Waals surface area contributed by atoms with Gasteiger partial charge in [0.25, 0.3) is 0 Å². The molecular formula is C63H51N. The molecule has 3 unspecified atom stereocenters. The fourth-order valence-corrected chi connectivity index (χ4v) is 9.95. The van der Waals surface area contributed by atoms with Crippen molar-refractivity contribution >= 4 is 38.9 Å². The summed E-state index contributed by atoms with van der Waals surface area (Å²) in [5, 5.41) is 4.66. The molecule has 2 aliphatic carbocycles. The smallest absolute Gasteiger partial charge is 0.0677 e. The van der Waals surface area contributed by atoms with E-state index in [1.165, 1.54) is 46.1 Å². The molecule has 10 rings (SSSR count). The van der Waals surface area contributed by atoms with Gasteiger partial charge in [-0.3, -0.25) is 0 Å². The van der Waals surface area contributed by atoms with E-state index in [0.29, 0.717) is 16.8 Å². The Morgan fingerprint density at radius 1 is 0.656 bits per heavy atom. The average Bonchev–Trinajstić information content (AvgIpc) is 3.70. The predicted molar refractivity (Wildman–Crippen MR) is 275 cm³/mol. The van der Waals surface area contributed by atoms with Gasteiger partial charge in [0.1, 0.15) is 0 Å². The molecule has 0 amide bonds. The number of rotatable bonds is 13. The van der Waals surface area contributed by atoms with Crippen LogP contribution in [0, 0.1) is 0 Å². The Hall–Kier alpha value is -7.74. The lowest BCUT2D eigenvalue weighted by Crippen LogP contribution is -2.30. The fraction of sp³-hybridized carbons (Fsp3) is 0.0794. The molecule has 8 aromatic carbocycles. The van der Waals surface area contributed by atoms with E-state index in [2.05, 4.69) is 158 Å². The highest BCUT2D eigenvalue weighted by molar-refractivity contribution is 6.10. The summed E-state index contributed by atoms with van der Waals surface area (Å²) in [6.45, 7) is 6.77. The summed E-state index contributed by atoms with van der Waals surface area (Å²) >= 11 is 0. The third-order valence-corrected chi connectivity index (χ3v) is 12.8. The zero-order valence-electron chi connectivity index (χ0n) is 39.7. The lowest BCUT2D eigenvalue weighted by atomic mass is 9.65. The van der Waals surface area contributed by atoms with Crippen LogP contribution < -0.4 is 4.90 Å². The lowest BCUT2D eigenvalue weighted by Gasteiger charge is -2.37. The summed E-state index contributed by atoms with van der Waals surface area (Å²) in [4.78, 5) is 1.93. The quantitative estimate of drug-likeness (QED) is 0.0827. The lowest BCUT2D eigenvalue weighted by molar-refractivity contribution is 0.692. The van der Waals surface area contributed by atoms with Crippen LogP contribution in [-0.2, 0) is 5.41 Å². The summed E-state index contributed by atoms with van der Waals surface area (Å²) in [6, 6.07) is 62.8. The van der Waals surface area contributed by atoms with Crippen LogP contribution in [0.5, 0.6) is 0 Å². The molecule has 8 aromatic rings. The largest absolute Gasteiger partial charge is 0.315 e. The van der Waals surface area contributed by atoms with Gasteiger partial charge in [-0.2, -0.15) is 0 Å². The summed E-state index contributed by atoms with van der Waals surface area (Å²) in [6.07, 6.45) is 13.9. The van der Waals surface area contributed by atoms with Gasteiger partial charge < -0.3 is 4.90 Å². The van der Waals surface area contributed by atoms with E-state index in [-0.39, 0.29) is 5.70 Å². The first-order chi connectivity index (χ1) is 33.5. The number of benzene rings is 8. The minimum absolute atomic E-state index is 0.276. The van der Waals surface area contributed by atoms with Crippen LogP contribution in [0.2, 0.25) is 0 Å². The van der Waals surface area contributed by atoms with Crippen molar-refractivity contribution in [2.24, 2.45) is 0 Å². The highest BCUT2D eigenvalue weighted by atomic mass is 15.2. The van der Waals surface area contributed by atoms with Crippen LogP contribution in [0.4, 0.5) is 5.69 Å². The summed E-state index contributed by atoms with van der Waals surface area (Å²) < 4.78 is 37.7. The minimum atomic E-state index is -1.29. The van der Waals surface area contributed by atoms with Crippen molar-refractivity contribution in [2.75, 3.05) is 4.90 Å². The molecule has 0 spiro atoms. The second-order valence-corrected chi connectivity index (χ2v) is 16.4. The number of nitrogens with zero attached hydrogens (tertiary/aromatic N) is 1. The molecule has 2 aliphatic rings. The second kappa shape index (κ2) is 17.6. The van der Waals surface area contributed by atoms with Crippen LogP contribution >= 0.6 is 0 Å². The summed E-state index contributed by atoms with van der Waals surface area (Å²) in [7, 11) is 0. The van der Waals surface area contributed by atoms with Gasteiger partial charge in [-0.1, -0.05) is 219 Å². The topological polar surface area (TPSA) is 3.24 Å². The van der Waals surface area contributed by atoms with Crippen molar-refractivity contribution in [1.82, 2.24) is 0 Å². The van der Waals surface area contributed by atoms with Crippen molar-refractivity contribution in [2.45, 2.75) is 31.1 Å². The van der Waals surface area contributed by atoms with E-state index < -0.39 is 18.2 Å². The number of anilines is 1. The summed E-state index contributed by atoms with van der Waals surface area (Å²) in [5.41, 5.74) is 12.2. The minimum Gasteiger partial charge on any atom is -0.315 e. The van der Waals surface area contributed by atoms with Crippen molar-refractivity contribution in [1.29, 1.82) is 0 Å². The number of hydrogen-bond acceptors (Lipinski definition) is 1. The molecule has 308 valence electrons. The second-order valence-electron chi connectivity index (χ2n) is 16.4. The standard InChI is InChI=1S/C63H51N/c1-4-52(31-22-26-49-43-48-25-14-15-34-56(48)58-36-19-18-35-57(49)58)64(46(3)40-39-45(2)54-32-16-17-33-55(54)47-23-8-5-9-24-47)53-41-42-60-59-37-20-21-38-61(59)63(62(60)44-53,50-27-10-6-11-28-50)51-29-12-7-13-30-51/h4-12,14-29,31-38,41-44H,1-3,13,30,39-40H2/b26-22+,52-31+/i2D,3D,39D,40D/b26-22+,45-2?,46-3?,52-31+. The maximum Gasteiger partial charge on any atom is 0.0677 e. The van der Waals surface area contributed by atoms with Crippen molar-refractivity contribution < 1.29 is 5.48 Å². The third kappa shape index (κ3) is 7.20. The highest BCUT2D eigenvalue weighted by Crippen LogP contribution is 2.58. The number of allylic oxidation sites excluding steroid dienone is 9. The molecule has 1 heteroatoms. The normalized spacial score (nSPS) is 18.1. The molecule has 0 bridgehead atoms. The Morgan fingerprint density at radius 3 is 2.14 bits per heavy atom. The van der Waals surface area contributed by atoms with E-state index in [4.69, 9.17) is 2.74 Å². The zero-order valence-corrected chi connectivity index (χ0v) is 35.7. The van der Waals surface area contributed by atoms with Gasteiger partial charge in [-0.05, 0) is 133 Å². The van der Waals surface area contributed by atoms with Crippen molar-refractivity contribution in [3.8, 4) is 22.3 Å². The molecule has 0 fully saturated rings. The van der Waals surface area contributed by atoms with Gasteiger partial charge in [-0.15, -0.1) is 0 Å². The molecule has 1 nitrogen and oxygen atoms in total.